The molecule has 1 amide bonds. The van der Waals surface area contributed by atoms with Crippen LogP contribution in [0, 0.1) is 6.92 Å². The second kappa shape index (κ2) is 6.29. The van der Waals surface area contributed by atoms with E-state index in [0.717, 1.165) is 9.54 Å². The summed E-state index contributed by atoms with van der Waals surface area (Å²) in [6, 6.07) is 11.3. The Hall–Kier alpha value is -2.93. The van der Waals surface area contributed by atoms with Gasteiger partial charge in [-0.05, 0) is 37.3 Å². The number of carbonyl (C=O) groups excluding carboxylic acids is 1. The molecule has 0 unspecified atom stereocenters. The third-order valence-electron chi connectivity index (χ3n) is 3.46. The van der Waals surface area contributed by atoms with E-state index in [1.807, 2.05) is 6.92 Å². The highest BCUT2D eigenvalue weighted by atomic mass is 32.2. The maximum Gasteiger partial charge on any atom is 0.267 e. The highest BCUT2D eigenvalue weighted by Gasteiger charge is 2.18. The number of aromatic nitrogens is 2. The zero-order valence-corrected chi connectivity index (χ0v) is 13.7. The molecular formula is C17H15N3O3S. The molecular weight excluding hydrogens is 326 g/mol. The van der Waals surface area contributed by atoms with Gasteiger partial charge in [-0.25, -0.2) is 12.4 Å². The first-order valence-electron chi connectivity index (χ1n) is 7.18. The lowest BCUT2D eigenvalue weighted by molar-refractivity contribution is 0.102. The van der Waals surface area contributed by atoms with Crippen LogP contribution in [0.1, 0.15) is 15.9 Å². The molecule has 2 heterocycles. The van der Waals surface area contributed by atoms with Crippen LogP contribution in [0.4, 0.5) is 5.69 Å². The molecule has 0 aliphatic carbocycles. The standard InChI is InChI=1S/C17H15N3O3S/c1-13-2-4-16(5-3-13)24(22,23)20-11-8-14(12-20)17(21)19-15-6-9-18-10-7-15/h2-12H,1H3,(H,18,19,21). The summed E-state index contributed by atoms with van der Waals surface area (Å²) in [7, 11) is -3.71. The van der Waals surface area contributed by atoms with Gasteiger partial charge in [-0.3, -0.25) is 9.78 Å². The summed E-state index contributed by atoms with van der Waals surface area (Å²) in [6.45, 7) is 1.88. The van der Waals surface area contributed by atoms with Gasteiger partial charge in [0.2, 0.25) is 0 Å². The number of nitrogens with one attached hydrogen (secondary N) is 1. The summed E-state index contributed by atoms with van der Waals surface area (Å²) in [4.78, 5) is 16.2. The van der Waals surface area contributed by atoms with Gasteiger partial charge in [0.1, 0.15) is 0 Å². The Morgan fingerprint density at radius 3 is 2.38 bits per heavy atom. The molecule has 1 N–H and O–H groups in total. The first-order chi connectivity index (χ1) is 11.5. The van der Waals surface area contributed by atoms with Crippen molar-refractivity contribution in [3.8, 4) is 0 Å². The molecule has 0 bridgehead atoms. The quantitative estimate of drug-likeness (QED) is 0.791. The van der Waals surface area contributed by atoms with Crippen LogP contribution in [0.3, 0.4) is 0 Å². The minimum absolute atomic E-state index is 0.171. The summed E-state index contributed by atoms with van der Waals surface area (Å²) < 4.78 is 26.2. The predicted molar refractivity (Wildman–Crippen MR) is 90.4 cm³/mol. The lowest BCUT2D eigenvalue weighted by Gasteiger charge is -2.06. The predicted octanol–water partition coefficient (Wildman–Crippen LogP) is 2.68. The second-order valence-electron chi connectivity index (χ2n) is 5.24. The molecule has 3 aromatic rings. The first-order valence-corrected chi connectivity index (χ1v) is 8.62. The third kappa shape index (κ3) is 3.21. The number of aryl methyl sites for hydroxylation is 1. The van der Waals surface area contributed by atoms with Crippen LogP contribution in [-0.2, 0) is 10.0 Å². The normalized spacial score (nSPS) is 11.2. The Labute approximate surface area is 139 Å². The fourth-order valence-corrected chi connectivity index (χ4v) is 3.33. The Kier molecular flexibility index (Phi) is 4.18. The average Bonchev–Trinajstić information content (AvgIpc) is 3.07. The number of hydrogen-bond donors (Lipinski definition) is 1. The average molecular weight is 341 g/mol. The van der Waals surface area contributed by atoms with Gasteiger partial charge < -0.3 is 5.32 Å². The summed E-state index contributed by atoms with van der Waals surface area (Å²) in [5.41, 5.74) is 1.81. The summed E-state index contributed by atoms with van der Waals surface area (Å²) in [6.07, 6.45) is 5.77. The molecule has 0 aliphatic heterocycles. The number of pyridine rings is 1. The molecule has 2 aromatic heterocycles. The summed E-state index contributed by atoms with van der Waals surface area (Å²) in [5, 5.41) is 2.68. The Bertz CT molecular complexity index is 962. The molecule has 24 heavy (non-hydrogen) atoms. The van der Waals surface area contributed by atoms with E-state index in [4.69, 9.17) is 0 Å². The van der Waals surface area contributed by atoms with E-state index in [2.05, 4.69) is 10.3 Å². The van der Waals surface area contributed by atoms with Crippen LogP contribution < -0.4 is 5.32 Å². The molecule has 1 aromatic carbocycles. The maximum atomic E-state index is 12.6. The molecule has 0 saturated carbocycles. The van der Waals surface area contributed by atoms with Crippen molar-refractivity contribution in [2.75, 3.05) is 5.32 Å². The van der Waals surface area contributed by atoms with E-state index in [9.17, 15) is 13.2 Å². The zero-order valence-electron chi connectivity index (χ0n) is 12.9. The summed E-state index contributed by atoms with van der Waals surface area (Å²) in [5.74, 6) is -0.390. The topological polar surface area (TPSA) is 81.1 Å². The van der Waals surface area contributed by atoms with Gasteiger partial charge in [0.15, 0.2) is 0 Å². The van der Waals surface area contributed by atoms with Crippen molar-refractivity contribution in [3.05, 3.63) is 78.4 Å². The highest BCUT2D eigenvalue weighted by molar-refractivity contribution is 7.90. The molecule has 0 spiro atoms. The van der Waals surface area contributed by atoms with Crippen molar-refractivity contribution < 1.29 is 13.2 Å². The van der Waals surface area contributed by atoms with E-state index < -0.39 is 10.0 Å². The van der Waals surface area contributed by atoms with Gasteiger partial charge >= 0.3 is 0 Å². The smallest absolute Gasteiger partial charge is 0.267 e. The van der Waals surface area contributed by atoms with Gasteiger partial charge in [0.25, 0.3) is 15.9 Å². The Balaban J connectivity index is 1.84. The zero-order chi connectivity index (χ0) is 17.2. The van der Waals surface area contributed by atoms with Gasteiger partial charge in [-0.2, -0.15) is 0 Å². The number of anilines is 1. The minimum atomic E-state index is -3.71. The van der Waals surface area contributed by atoms with E-state index in [1.165, 1.54) is 18.5 Å². The van der Waals surface area contributed by atoms with E-state index in [-0.39, 0.29) is 16.4 Å². The number of rotatable bonds is 4. The lowest BCUT2D eigenvalue weighted by Crippen LogP contribution is -2.13. The number of hydrogen-bond acceptors (Lipinski definition) is 4. The molecule has 122 valence electrons. The van der Waals surface area contributed by atoms with Crippen LogP contribution >= 0.6 is 0 Å². The maximum absolute atomic E-state index is 12.6. The number of benzene rings is 1. The highest BCUT2D eigenvalue weighted by Crippen LogP contribution is 2.16. The van der Waals surface area contributed by atoms with Crippen LogP contribution in [0.2, 0.25) is 0 Å². The second-order valence-corrected chi connectivity index (χ2v) is 7.08. The molecule has 7 heteroatoms. The number of amides is 1. The van der Waals surface area contributed by atoms with Crippen molar-refractivity contribution >= 4 is 21.6 Å². The van der Waals surface area contributed by atoms with Crippen molar-refractivity contribution in [2.45, 2.75) is 11.8 Å². The number of nitrogens with zero attached hydrogens (tertiary/aromatic N) is 2. The molecule has 0 saturated heterocycles. The molecule has 0 atom stereocenters. The van der Waals surface area contributed by atoms with Crippen LogP contribution in [0.25, 0.3) is 0 Å². The fourth-order valence-electron chi connectivity index (χ4n) is 2.13. The Morgan fingerprint density at radius 1 is 1.04 bits per heavy atom. The van der Waals surface area contributed by atoms with Gasteiger partial charge in [-0.1, -0.05) is 17.7 Å². The Morgan fingerprint density at radius 2 is 1.71 bits per heavy atom. The van der Waals surface area contributed by atoms with Crippen molar-refractivity contribution in [3.63, 3.8) is 0 Å². The van der Waals surface area contributed by atoms with Crippen LogP contribution in [-0.4, -0.2) is 23.3 Å². The first kappa shape index (κ1) is 15.9. The summed E-state index contributed by atoms with van der Waals surface area (Å²) >= 11 is 0. The largest absolute Gasteiger partial charge is 0.322 e. The van der Waals surface area contributed by atoms with Gasteiger partial charge in [0.05, 0.1) is 10.5 Å². The molecule has 0 aliphatic rings. The van der Waals surface area contributed by atoms with Crippen LogP contribution in [0.15, 0.2) is 72.1 Å². The minimum Gasteiger partial charge on any atom is -0.322 e. The van der Waals surface area contributed by atoms with E-state index in [1.54, 1.807) is 48.8 Å². The number of carbonyl (C=O) groups is 1. The third-order valence-corrected chi connectivity index (χ3v) is 5.11. The molecule has 3 rings (SSSR count). The van der Waals surface area contributed by atoms with Gasteiger partial charge in [-0.15, -0.1) is 0 Å². The lowest BCUT2D eigenvalue weighted by atomic mass is 10.2. The monoisotopic (exact) mass is 341 g/mol. The van der Waals surface area contributed by atoms with Gasteiger partial charge in [0, 0.05) is 30.5 Å². The van der Waals surface area contributed by atoms with Crippen molar-refractivity contribution in [2.24, 2.45) is 0 Å². The molecule has 6 nitrogen and oxygen atoms in total. The molecule has 0 radical (unpaired) electrons. The molecule has 0 fully saturated rings. The van der Waals surface area contributed by atoms with Crippen LogP contribution in [0.5, 0.6) is 0 Å². The van der Waals surface area contributed by atoms with Crippen molar-refractivity contribution in [1.82, 2.24) is 8.96 Å². The van der Waals surface area contributed by atoms with E-state index in [0.29, 0.717) is 5.69 Å². The SMILES string of the molecule is Cc1ccc(S(=O)(=O)n2ccc(C(=O)Nc3ccncc3)c2)cc1. The van der Waals surface area contributed by atoms with E-state index >= 15 is 0 Å². The van der Waals surface area contributed by atoms with Crippen molar-refractivity contribution in [1.29, 1.82) is 0 Å². The fraction of sp³-hybridized carbons (Fsp3) is 0.0588.